The minimum absolute atomic E-state index is 0.0598. The summed E-state index contributed by atoms with van der Waals surface area (Å²) in [7, 11) is -4.18. The SMILES string of the molecule is CC(C)(C)c1ccc(C(Oc2ccc(C(=O)NCCS(=O)(=O)O)cc2)C(=O)Nc2ccc(OCC3CCCCC3)cc2)cc1. The Kier molecular flexibility index (Phi) is 11.0. The number of carbonyl (C=O) groups excluding carboxylic acids is 2. The molecule has 1 atom stereocenters. The maximum atomic E-state index is 13.6. The number of amides is 2. The summed E-state index contributed by atoms with van der Waals surface area (Å²) in [6.07, 6.45) is 5.26. The molecule has 3 N–H and O–H groups in total. The second kappa shape index (κ2) is 14.7. The first-order chi connectivity index (χ1) is 20.9. The Morgan fingerprint density at radius 2 is 1.50 bits per heavy atom. The Hall–Kier alpha value is -3.89. The van der Waals surface area contributed by atoms with Gasteiger partial charge in [-0.1, -0.05) is 64.3 Å². The lowest BCUT2D eigenvalue weighted by Gasteiger charge is -2.23. The van der Waals surface area contributed by atoms with Gasteiger partial charge in [0, 0.05) is 23.4 Å². The molecule has 0 spiro atoms. The molecule has 3 aromatic rings. The van der Waals surface area contributed by atoms with E-state index in [1.807, 2.05) is 48.5 Å². The fraction of sp³-hybridized carbons (Fsp3) is 0.412. The lowest BCUT2D eigenvalue weighted by molar-refractivity contribution is -0.123. The first-order valence-electron chi connectivity index (χ1n) is 15.0. The van der Waals surface area contributed by atoms with E-state index in [1.54, 1.807) is 12.1 Å². The number of anilines is 1. The zero-order valence-corrected chi connectivity index (χ0v) is 26.4. The molecule has 1 aliphatic rings. The summed E-state index contributed by atoms with van der Waals surface area (Å²) in [6.45, 7) is 6.83. The second-order valence-corrected chi connectivity index (χ2v) is 13.8. The second-order valence-electron chi connectivity index (χ2n) is 12.3. The molecule has 44 heavy (non-hydrogen) atoms. The third-order valence-electron chi connectivity index (χ3n) is 7.67. The van der Waals surface area contributed by atoms with E-state index in [9.17, 15) is 18.0 Å². The normalized spacial score (nSPS) is 14.8. The largest absolute Gasteiger partial charge is 0.493 e. The van der Waals surface area contributed by atoms with Crippen LogP contribution in [0.25, 0.3) is 0 Å². The molecule has 1 fully saturated rings. The van der Waals surface area contributed by atoms with Crippen molar-refractivity contribution < 1.29 is 32.0 Å². The maximum absolute atomic E-state index is 13.6. The van der Waals surface area contributed by atoms with Crippen molar-refractivity contribution in [3.63, 3.8) is 0 Å². The number of benzene rings is 3. The Balaban J connectivity index is 1.45. The lowest BCUT2D eigenvalue weighted by Crippen LogP contribution is -2.29. The van der Waals surface area contributed by atoms with Crippen LogP contribution in [0.5, 0.6) is 11.5 Å². The summed E-state index contributed by atoms with van der Waals surface area (Å²) < 4.78 is 42.8. The van der Waals surface area contributed by atoms with Gasteiger partial charge in [-0.05, 0) is 78.3 Å². The van der Waals surface area contributed by atoms with Gasteiger partial charge in [0.15, 0.2) is 0 Å². The molecule has 0 aliphatic heterocycles. The Bertz CT molecular complexity index is 1490. The van der Waals surface area contributed by atoms with Crippen molar-refractivity contribution in [2.24, 2.45) is 5.92 Å². The highest BCUT2D eigenvalue weighted by Crippen LogP contribution is 2.29. The molecule has 0 aromatic heterocycles. The molecule has 0 bridgehead atoms. The summed E-state index contributed by atoms with van der Waals surface area (Å²) in [6, 6.07) is 21.2. The minimum atomic E-state index is -4.18. The van der Waals surface area contributed by atoms with Crippen LogP contribution in [0.3, 0.4) is 0 Å². The van der Waals surface area contributed by atoms with Crippen molar-refractivity contribution in [1.82, 2.24) is 5.32 Å². The zero-order chi connectivity index (χ0) is 31.7. The molecule has 3 aromatic carbocycles. The quantitative estimate of drug-likeness (QED) is 0.202. The Morgan fingerprint density at radius 3 is 2.09 bits per heavy atom. The van der Waals surface area contributed by atoms with Gasteiger partial charge in [0.1, 0.15) is 11.5 Å². The predicted molar refractivity (Wildman–Crippen MR) is 171 cm³/mol. The van der Waals surface area contributed by atoms with E-state index in [1.165, 1.54) is 44.2 Å². The average molecular weight is 623 g/mol. The number of nitrogens with one attached hydrogen (secondary N) is 2. The molecule has 9 nitrogen and oxygen atoms in total. The van der Waals surface area contributed by atoms with Gasteiger partial charge in [-0.2, -0.15) is 8.42 Å². The smallest absolute Gasteiger partial charge is 0.270 e. The van der Waals surface area contributed by atoms with E-state index >= 15 is 0 Å². The molecule has 0 saturated heterocycles. The number of ether oxygens (including phenoxy) is 2. The Morgan fingerprint density at radius 1 is 0.886 bits per heavy atom. The predicted octanol–water partition coefficient (Wildman–Crippen LogP) is 6.32. The van der Waals surface area contributed by atoms with E-state index < -0.39 is 27.9 Å². The first-order valence-corrected chi connectivity index (χ1v) is 16.6. The van der Waals surface area contributed by atoms with Gasteiger partial charge in [-0.15, -0.1) is 0 Å². The van der Waals surface area contributed by atoms with Gasteiger partial charge in [0.05, 0.1) is 12.4 Å². The highest BCUT2D eigenvalue weighted by atomic mass is 32.2. The standard InChI is InChI=1S/C34H42N2O7S/c1-34(2,3)27-13-9-25(10-14-27)31(43-30-17-11-26(12-18-30)32(37)35-21-22-44(39,40)41)33(38)36-28-15-19-29(20-16-28)42-23-24-7-5-4-6-8-24/h9-20,24,31H,4-8,21-23H2,1-3H3,(H,35,37)(H,36,38)(H,39,40,41). The Labute approximate surface area is 260 Å². The van der Waals surface area contributed by atoms with Crippen LogP contribution in [0.4, 0.5) is 5.69 Å². The van der Waals surface area contributed by atoms with Crippen LogP contribution in [0.1, 0.15) is 80.5 Å². The molecule has 1 unspecified atom stereocenters. The maximum Gasteiger partial charge on any atom is 0.270 e. The van der Waals surface area contributed by atoms with E-state index in [0.29, 0.717) is 29.5 Å². The number of hydrogen-bond donors (Lipinski definition) is 3. The van der Waals surface area contributed by atoms with Crippen molar-refractivity contribution in [1.29, 1.82) is 0 Å². The van der Waals surface area contributed by atoms with E-state index in [0.717, 1.165) is 11.3 Å². The average Bonchev–Trinajstić information content (AvgIpc) is 2.99. The van der Waals surface area contributed by atoms with Crippen LogP contribution in [-0.4, -0.2) is 43.7 Å². The summed E-state index contributed by atoms with van der Waals surface area (Å²) in [5, 5.41) is 5.39. The topological polar surface area (TPSA) is 131 Å². The van der Waals surface area contributed by atoms with Crippen LogP contribution in [0.15, 0.2) is 72.8 Å². The number of carbonyl (C=O) groups is 2. The number of rotatable bonds is 12. The third-order valence-corrected chi connectivity index (χ3v) is 8.39. The molecule has 0 heterocycles. The summed E-state index contributed by atoms with van der Waals surface area (Å²) in [5.41, 5.74) is 2.60. The van der Waals surface area contributed by atoms with E-state index in [2.05, 4.69) is 31.4 Å². The summed E-state index contributed by atoms with van der Waals surface area (Å²) >= 11 is 0. The highest BCUT2D eigenvalue weighted by Gasteiger charge is 2.25. The molecule has 10 heteroatoms. The van der Waals surface area contributed by atoms with Crippen molar-refractivity contribution in [2.45, 2.75) is 64.4 Å². The van der Waals surface area contributed by atoms with Crippen molar-refractivity contribution in [3.8, 4) is 11.5 Å². The zero-order valence-electron chi connectivity index (χ0n) is 25.5. The molecule has 1 saturated carbocycles. The monoisotopic (exact) mass is 622 g/mol. The van der Waals surface area contributed by atoms with Gasteiger partial charge in [-0.25, -0.2) is 0 Å². The molecule has 2 amide bonds. The summed E-state index contributed by atoms with van der Waals surface area (Å²) in [4.78, 5) is 25.9. The highest BCUT2D eigenvalue weighted by molar-refractivity contribution is 7.85. The fourth-order valence-corrected chi connectivity index (χ4v) is 5.42. The lowest BCUT2D eigenvalue weighted by atomic mass is 9.86. The van der Waals surface area contributed by atoms with Crippen molar-refractivity contribution >= 4 is 27.6 Å². The van der Waals surface area contributed by atoms with Gasteiger partial charge < -0.3 is 20.1 Å². The van der Waals surface area contributed by atoms with Crippen LogP contribution < -0.4 is 20.1 Å². The van der Waals surface area contributed by atoms with Gasteiger partial charge in [-0.3, -0.25) is 14.1 Å². The third kappa shape index (κ3) is 10.1. The van der Waals surface area contributed by atoms with E-state index in [-0.39, 0.29) is 23.4 Å². The first kappa shape index (κ1) is 33.0. The summed E-state index contributed by atoms with van der Waals surface area (Å²) in [5.74, 6) is 0.280. The van der Waals surface area contributed by atoms with E-state index in [4.69, 9.17) is 14.0 Å². The van der Waals surface area contributed by atoms with Crippen LogP contribution in [0, 0.1) is 5.92 Å². The fourth-order valence-electron chi connectivity index (χ4n) is 5.06. The van der Waals surface area contributed by atoms with Gasteiger partial charge in [0.2, 0.25) is 6.10 Å². The molecular formula is C34H42N2O7S. The van der Waals surface area contributed by atoms with Gasteiger partial charge >= 0.3 is 0 Å². The van der Waals surface area contributed by atoms with Crippen LogP contribution in [-0.2, 0) is 20.3 Å². The van der Waals surface area contributed by atoms with Crippen LogP contribution >= 0.6 is 0 Å². The van der Waals surface area contributed by atoms with Crippen molar-refractivity contribution in [3.05, 3.63) is 89.5 Å². The van der Waals surface area contributed by atoms with Crippen molar-refractivity contribution in [2.75, 3.05) is 24.2 Å². The molecule has 4 rings (SSSR count). The van der Waals surface area contributed by atoms with Crippen LogP contribution in [0.2, 0.25) is 0 Å². The number of hydrogen-bond acceptors (Lipinski definition) is 6. The molecular weight excluding hydrogens is 580 g/mol. The molecule has 1 aliphatic carbocycles. The molecule has 236 valence electrons. The minimum Gasteiger partial charge on any atom is -0.493 e. The molecule has 0 radical (unpaired) electrons. The van der Waals surface area contributed by atoms with Gasteiger partial charge in [0.25, 0.3) is 21.9 Å².